The minimum absolute atomic E-state index is 0. The topological polar surface area (TPSA) is 0 Å². The summed E-state index contributed by atoms with van der Waals surface area (Å²) in [5, 5.41) is 5.42. The van der Waals surface area contributed by atoms with Crippen molar-refractivity contribution in [3.05, 3.63) is 71.8 Å². The normalized spacial score (nSPS) is 12.7. The largest absolute Gasteiger partial charge is 0.189 e. The van der Waals surface area contributed by atoms with Crippen molar-refractivity contribution in [2.75, 3.05) is 0 Å². The van der Waals surface area contributed by atoms with Crippen LogP contribution in [0.2, 0.25) is 0 Å². The Balaban J connectivity index is 0.000001000. The summed E-state index contributed by atoms with van der Waals surface area (Å²) in [5.74, 6) is 0. The van der Waals surface area contributed by atoms with Crippen LogP contribution in [0, 0.1) is 6.08 Å². The molecule has 18 heavy (non-hydrogen) atoms. The van der Waals surface area contributed by atoms with E-state index in [2.05, 4.69) is 60.7 Å². The molecule has 0 saturated carbocycles. The second-order valence-electron chi connectivity index (χ2n) is 4.53. The van der Waals surface area contributed by atoms with Gasteiger partial charge in [-0.3, -0.25) is 0 Å². The zero-order chi connectivity index (χ0) is 11.2. The minimum atomic E-state index is 0. The number of rotatable bonds is 0. The second kappa shape index (κ2) is 4.48. The molecule has 84 valence electrons. The van der Waals surface area contributed by atoms with E-state index in [1.165, 1.54) is 32.7 Å². The molecule has 0 aromatic heterocycles. The van der Waals surface area contributed by atoms with E-state index >= 15 is 0 Å². The number of hydrogen-bond donors (Lipinski definition) is 0. The summed E-state index contributed by atoms with van der Waals surface area (Å²) >= 11 is 0. The fourth-order valence-electron chi connectivity index (χ4n) is 2.78. The van der Waals surface area contributed by atoms with E-state index in [0.29, 0.717) is 0 Å². The van der Waals surface area contributed by atoms with E-state index in [-0.39, 0.29) is 26.2 Å². The van der Waals surface area contributed by atoms with Crippen molar-refractivity contribution < 1.29 is 26.2 Å². The Bertz CT molecular complexity index is 769. The van der Waals surface area contributed by atoms with Crippen molar-refractivity contribution in [2.45, 2.75) is 6.42 Å². The first-order valence-corrected chi connectivity index (χ1v) is 5.95. The van der Waals surface area contributed by atoms with Gasteiger partial charge in [0.25, 0.3) is 0 Å². The van der Waals surface area contributed by atoms with Gasteiger partial charge in [0.05, 0.1) is 0 Å². The van der Waals surface area contributed by atoms with E-state index in [1.54, 1.807) is 0 Å². The molecule has 1 heteroatoms. The van der Waals surface area contributed by atoms with Crippen LogP contribution in [-0.4, -0.2) is 0 Å². The van der Waals surface area contributed by atoms with Crippen LogP contribution >= 0.6 is 0 Å². The van der Waals surface area contributed by atoms with Crippen molar-refractivity contribution in [1.29, 1.82) is 0 Å². The number of benzene rings is 3. The van der Waals surface area contributed by atoms with E-state index in [4.69, 9.17) is 0 Å². The van der Waals surface area contributed by atoms with Crippen LogP contribution in [0.25, 0.3) is 21.5 Å². The third-order valence-corrected chi connectivity index (χ3v) is 3.58. The van der Waals surface area contributed by atoms with Crippen molar-refractivity contribution in [2.24, 2.45) is 0 Å². The summed E-state index contributed by atoms with van der Waals surface area (Å²) < 4.78 is 0. The Labute approximate surface area is 125 Å². The minimum Gasteiger partial charge on any atom is -0.189 e. The maximum atomic E-state index is 3.33. The third kappa shape index (κ3) is 1.61. The van der Waals surface area contributed by atoms with Gasteiger partial charge in [-0.1, -0.05) is 48.2 Å². The Morgan fingerprint density at radius 2 is 1.61 bits per heavy atom. The molecule has 0 unspecified atom stereocenters. The van der Waals surface area contributed by atoms with Gasteiger partial charge in [0.1, 0.15) is 0 Å². The van der Waals surface area contributed by atoms with Crippen molar-refractivity contribution in [1.82, 2.24) is 0 Å². The molecule has 0 bridgehead atoms. The van der Waals surface area contributed by atoms with Gasteiger partial charge >= 0.3 is 0 Å². The molecule has 0 fully saturated rings. The van der Waals surface area contributed by atoms with Gasteiger partial charge in [0.15, 0.2) is 0 Å². The Hall–Kier alpha value is -1.20. The fraction of sp³-hybridized carbons (Fsp3) is 0.0588. The first-order chi connectivity index (χ1) is 8.43. The van der Waals surface area contributed by atoms with Crippen LogP contribution < -0.4 is 0 Å². The van der Waals surface area contributed by atoms with Crippen molar-refractivity contribution in [3.63, 3.8) is 0 Å². The molecule has 3 aromatic rings. The zero-order valence-corrected chi connectivity index (χ0v) is 12.4. The van der Waals surface area contributed by atoms with Gasteiger partial charge in [-0.2, -0.15) is 23.8 Å². The van der Waals surface area contributed by atoms with Gasteiger partial charge in [-0.15, -0.1) is 11.6 Å². The number of hydrogen-bond acceptors (Lipinski definition) is 0. The van der Waals surface area contributed by atoms with Crippen LogP contribution in [0.3, 0.4) is 0 Å². The van der Waals surface area contributed by atoms with Crippen LogP contribution in [0.1, 0.15) is 11.1 Å². The number of fused-ring (bicyclic) bond motifs is 5. The monoisotopic (exact) mass is 305 g/mol. The van der Waals surface area contributed by atoms with E-state index in [9.17, 15) is 0 Å². The summed E-state index contributed by atoms with van der Waals surface area (Å²) in [6, 6.07) is 17.4. The van der Waals surface area contributed by atoms with Gasteiger partial charge in [0.2, 0.25) is 0 Å². The summed E-state index contributed by atoms with van der Waals surface area (Å²) in [4.78, 5) is 0. The summed E-state index contributed by atoms with van der Waals surface area (Å²) in [7, 11) is 0. The van der Waals surface area contributed by atoms with E-state index in [0.717, 1.165) is 6.42 Å². The first kappa shape index (κ1) is 11.9. The molecule has 0 saturated heterocycles. The Morgan fingerprint density at radius 1 is 0.833 bits per heavy atom. The van der Waals surface area contributed by atoms with Crippen molar-refractivity contribution >= 4 is 21.5 Å². The predicted molar refractivity (Wildman–Crippen MR) is 72.1 cm³/mol. The molecule has 0 amide bonds. The summed E-state index contributed by atoms with van der Waals surface area (Å²) in [6.07, 6.45) is 6.48. The molecular formula is C17H11Zr-. The number of allylic oxidation sites excluding steroid dienone is 1. The zero-order valence-electron chi connectivity index (χ0n) is 9.90. The molecule has 0 nitrogen and oxygen atoms in total. The van der Waals surface area contributed by atoms with Gasteiger partial charge in [-0.25, -0.2) is 0 Å². The van der Waals surface area contributed by atoms with Gasteiger partial charge < -0.3 is 0 Å². The second-order valence-corrected chi connectivity index (χ2v) is 4.53. The maximum Gasteiger partial charge on any atom is 0 e. The SMILES string of the molecule is [C-]1=CCc2c1ccc1ccc3ccccc3c21.[Zr]. The average molecular weight is 306 g/mol. The smallest absolute Gasteiger partial charge is 0 e. The van der Waals surface area contributed by atoms with Crippen LogP contribution in [0.4, 0.5) is 0 Å². The van der Waals surface area contributed by atoms with Crippen molar-refractivity contribution in [3.8, 4) is 0 Å². The van der Waals surface area contributed by atoms with Crippen LogP contribution in [-0.2, 0) is 32.6 Å². The standard InChI is InChI=1S/C17H11.Zr/c1-2-6-15-12(4-1)8-10-14-11-9-13-5-3-7-16(13)17(14)15;/h1-4,6,8-11H,7H2;/q-1;. The molecule has 3 aromatic carbocycles. The van der Waals surface area contributed by atoms with Crippen LogP contribution in [0.5, 0.6) is 0 Å². The molecule has 0 heterocycles. The maximum absolute atomic E-state index is 3.33. The van der Waals surface area contributed by atoms with E-state index < -0.39 is 0 Å². The van der Waals surface area contributed by atoms with Gasteiger partial charge in [-0.05, 0) is 16.2 Å². The quantitative estimate of drug-likeness (QED) is 0.430. The molecule has 0 N–H and O–H groups in total. The average Bonchev–Trinajstić information content (AvgIpc) is 2.86. The fourth-order valence-corrected chi connectivity index (χ4v) is 2.78. The Morgan fingerprint density at radius 3 is 2.56 bits per heavy atom. The Kier molecular flexibility index (Phi) is 2.95. The molecule has 0 radical (unpaired) electrons. The predicted octanol–water partition coefficient (Wildman–Crippen LogP) is 4.25. The van der Waals surface area contributed by atoms with E-state index in [1.807, 2.05) is 0 Å². The summed E-state index contributed by atoms with van der Waals surface area (Å²) in [5.41, 5.74) is 2.69. The third-order valence-electron chi connectivity index (χ3n) is 3.58. The molecule has 1 aliphatic rings. The van der Waals surface area contributed by atoms with Gasteiger partial charge in [0, 0.05) is 26.2 Å². The molecular weight excluding hydrogens is 295 g/mol. The molecule has 0 spiro atoms. The molecule has 4 rings (SSSR count). The molecule has 0 atom stereocenters. The molecule has 0 aliphatic heterocycles. The van der Waals surface area contributed by atoms with Crippen LogP contribution in [0.15, 0.2) is 54.6 Å². The summed E-state index contributed by atoms with van der Waals surface area (Å²) in [6.45, 7) is 0. The molecule has 1 aliphatic carbocycles. The first-order valence-electron chi connectivity index (χ1n) is 5.95.